The van der Waals surface area contributed by atoms with Gasteiger partial charge >= 0.3 is 5.97 Å². The molecule has 2 nitrogen and oxygen atoms in total. The number of methoxy groups -OCH3 is 1. The number of benzene rings is 1. The lowest BCUT2D eigenvalue weighted by molar-refractivity contribution is -0.136. The zero-order chi connectivity index (χ0) is 9.26. The molecule has 0 amide bonds. The second-order valence-electron chi connectivity index (χ2n) is 3.04. The first-order valence-electron chi connectivity index (χ1n) is 4.18. The molecule has 1 aromatic carbocycles. The van der Waals surface area contributed by atoms with Gasteiger partial charge in [-0.25, -0.2) is 4.79 Å². The second kappa shape index (κ2) is 3.05. The summed E-state index contributed by atoms with van der Waals surface area (Å²) in [7, 11) is 1.41. The van der Waals surface area contributed by atoms with Crippen LogP contribution in [0.1, 0.15) is 11.1 Å². The molecule has 0 N–H and O–H groups in total. The van der Waals surface area contributed by atoms with Crippen LogP contribution in [0.2, 0.25) is 0 Å². The van der Waals surface area contributed by atoms with Gasteiger partial charge < -0.3 is 4.74 Å². The molecule has 1 aliphatic rings. The first-order chi connectivity index (χ1) is 6.31. The van der Waals surface area contributed by atoms with Crippen molar-refractivity contribution in [3.63, 3.8) is 0 Å². The van der Waals surface area contributed by atoms with Gasteiger partial charge in [-0.05, 0) is 17.2 Å². The summed E-state index contributed by atoms with van der Waals surface area (Å²) in [6.07, 6.45) is 2.59. The molecule has 0 heterocycles. The predicted octanol–water partition coefficient (Wildman–Crippen LogP) is 1.80. The zero-order valence-electron chi connectivity index (χ0n) is 7.41. The number of fused-ring (bicyclic) bond motifs is 1. The number of carbonyl (C=O) groups is 1. The lowest BCUT2D eigenvalue weighted by Crippen LogP contribution is -2.03. The number of carbonyl (C=O) groups excluding carboxylic acids is 1. The molecular weight excluding hydrogens is 164 g/mol. The average Bonchev–Trinajstić information content (AvgIpc) is 2.59. The van der Waals surface area contributed by atoms with Crippen LogP contribution in [0.15, 0.2) is 29.8 Å². The van der Waals surface area contributed by atoms with Gasteiger partial charge in [-0.3, -0.25) is 0 Å². The minimum atomic E-state index is -0.226. The van der Waals surface area contributed by atoms with Crippen LogP contribution in [0.4, 0.5) is 0 Å². The molecule has 0 saturated carbocycles. The first-order valence-corrected chi connectivity index (χ1v) is 4.18. The van der Waals surface area contributed by atoms with E-state index in [-0.39, 0.29) is 5.97 Å². The minimum Gasteiger partial charge on any atom is -0.466 e. The van der Waals surface area contributed by atoms with Gasteiger partial charge in [0.1, 0.15) is 0 Å². The highest BCUT2D eigenvalue weighted by atomic mass is 16.5. The fourth-order valence-corrected chi connectivity index (χ4v) is 1.54. The molecule has 0 unspecified atom stereocenters. The van der Waals surface area contributed by atoms with Crippen molar-refractivity contribution in [2.24, 2.45) is 0 Å². The van der Waals surface area contributed by atoms with Crippen LogP contribution in [0, 0.1) is 0 Å². The van der Waals surface area contributed by atoms with E-state index in [1.807, 2.05) is 30.3 Å². The van der Waals surface area contributed by atoms with E-state index in [2.05, 4.69) is 4.74 Å². The van der Waals surface area contributed by atoms with Crippen LogP contribution < -0.4 is 0 Å². The highest BCUT2D eigenvalue weighted by molar-refractivity contribution is 5.96. The standard InChI is InChI=1S/C11H10O2/c1-13-11(12)10-6-8-4-2-3-5-9(8)7-10/h2-6H,7H2,1H3. The highest BCUT2D eigenvalue weighted by Gasteiger charge is 2.17. The third-order valence-electron chi connectivity index (χ3n) is 2.21. The lowest BCUT2D eigenvalue weighted by Gasteiger charge is -1.97. The van der Waals surface area contributed by atoms with Crippen molar-refractivity contribution in [2.75, 3.05) is 7.11 Å². The quantitative estimate of drug-likeness (QED) is 0.607. The van der Waals surface area contributed by atoms with Crippen molar-refractivity contribution in [1.82, 2.24) is 0 Å². The van der Waals surface area contributed by atoms with E-state index >= 15 is 0 Å². The molecule has 66 valence electrons. The van der Waals surface area contributed by atoms with Crippen LogP contribution in [-0.2, 0) is 16.0 Å². The largest absolute Gasteiger partial charge is 0.466 e. The summed E-state index contributed by atoms with van der Waals surface area (Å²) in [5.41, 5.74) is 3.06. The molecule has 0 atom stereocenters. The molecule has 0 saturated heterocycles. The van der Waals surface area contributed by atoms with Crippen LogP contribution in [-0.4, -0.2) is 13.1 Å². The fraction of sp³-hybridized carbons (Fsp3) is 0.182. The Labute approximate surface area is 76.8 Å². The Balaban J connectivity index is 2.31. The predicted molar refractivity (Wildman–Crippen MR) is 50.1 cm³/mol. The Morgan fingerprint density at radius 3 is 2.85 bits per heavy atom. The van der Waals surface area contributed by atoms with E-state index in [0.717, 1.165) is 11.1 Å². The van der Waals surface area contributed by atoms with Crippen LogP contribution in [0.5, 0.6) is 0 Å². The maximum Gasteiger partial charge on any atom is 0.334 e. The van der Waals surface area contributed by atoms with Crippen LogP contribution >= 0.6 is 0 Å². The molecule has 0 bridgehead atoms. The molecule has 0 radical (unpaired) electrons. The Kier molecular flexibility index (Phi) is 1.89. The second-order valence-corrected chi connectivity index (χ2v) is 3.04. The summed E-state index contributed by atoms with van der Waals surface area (Å²) < 4.78 is 4.66. The van der Waals surface area contributed by atoms with Crippen molar-refractivity contribution < 1.29 is 9.53 Å². The van der Waals surface area contributed by atoms with Crippen molar-refractivity contribution in [3.05, 3.63) is 41.0 Å². The normalized spacial score (nSPS) is 13.5. The number of ether oxygens (including phenoxy) is 1. The minimum absolute atomic E-state index is 0.226. The molecule has 0 spiro atoms. The van der Waals surface area contributed by atoms with Crippen molar-refractivity contribution in [2.45, 2.75) is 6.42 Å². The maximum atomic E-state index is 11.2. The van der Waals surface area contributed by atoms with E-state index in [9.17, 15) is 4.79 Å². The van der Waals surface area contributed by atoms with E-state index in [1.54, 1.807) is 0 Å². The van der Waals surface area contributed by atoms with Crippen molar-refractivity contribution in [1.29, 1.82) is 0 Å². The van der Waals surface area contributed by atoms with Gasteiger partial charge in [0.25, 0.3) is 0 Å². The van der Waals surface area contributed by atoms with Crippen LogP contribution in [0.25, 0.3) is 6.08 Å². The average molecular weight is 174 g/mol. The topological polar surface area (TPSA) is 26.3 Å². The zero-order valence-corrected chi connectivity index (χ0v) is 7.41. The third-order valence-corrected chi connectivity index (χ3v) is 2.21. The fourth-order valence-electron chi connectivity index (χ4n) is 1.54. The maximum absolute atomic E-state index is 11.2. The van der Waals surface area contributed by atoms with Crippen molar-refractivity contribution >= 4 is 12.0 Å². The van der Waals surface area contributed by atoms with Crippen LogP contribution in [0.3, 0.4) is 0 Å². The molecule has 1 aliphatic carbocycles. The van der Waals surface area contributed by atoms with E-state index in [0.29, 0.717) is 6.42 Å². The van der Waals surface area contributed by atoms with Crippen molar-refractivity contribution in [3.8, 4) is 0 Å². The molecular formula is C11H10O2. The molecule has 2 rings (SSSR count). The Morgan fingerprint density at radius 2 is 2.15 bits per heavy atom. The summed E-state index contributed by atoms with van der Waals surface area (Å²) in [5.74, 6) is -0.226. The molecule has 13 heavy (non-hydrogen) atoms. The summed E-state index contributed by atoms with van der Waals surface area (Å²) in [5, 5.41) is 0. The van der Waals surface area contributed by atoms with Gasteiger partial charge in [0.15, 0.2) is 0 Å². The van der Waals surface area contributed by atoms with Gasteiger partial charge in [0.2, 0.25) is 0 Å². The molecule has 2 heteroatoms. The van der Waals surface area contributed by atoms with E-state index in [4.69, 9.17) is 0 Å². The van der Waals surface area contributed by atoms with Gasteiger partial charge in [0, 0.05) is 12.0 Å². The number of hydrogen-bond acceptors (Lipinski definition) is 2. The molecule has 1 aromatic rings. The SMILES string of the molecule is COC(=O)C1=Cc2ccccc2C1. The number of rotatable bonds is 1. The van der Waals surface area contributed by atoms with Gasteiger partial charge in [-0.2, -0.15) is 0 Å². The van der Waals surface area contributed by atoms with Gasteiger partial charge in [0.05, 0.1) is 7.11 Å². The molecule has 0 aromatic heterocycles. The first kappa shape index (κ1) is 8.05. The summed E-state index contributed by atoms with van der Waals surface area (Å²) in [6, 6.07) is 7.98. The summed E-state index contributed by atoms with van der Waals surface area (Å²) in [6.45, 7) is 0. The molecule has 0 fully saturated rings. The smallest absolute Gasteiger partial charge is 0.334 e. The number of hydrogen-bond donors (Lipinski definition) is 0. The summed E-state index contributed by atoms with van der Waals surface area (Å²) in [4.78, 5) is 11.2. The Morgan fingerprint density at radius 1 is 1.38 bits per heavy atom. The Bertz CT molecular complexity index is 377. The number of esters is 1. The van der Waals surface area contributed by atoms with Gasteiger partial charge in [-0.1, -0.05) is 24.3 Å². The molecule has 0 aliphatic heterocycles. The Hall–Kier alpha value is -1.57. The summed E-state index contributed by atoms with van der Waals surface area (Å²) >= 11 is 0. The monoisotopic (exact) mass is 174 g/mol. The van der Waals surface area contributed by atoms with E-state index < -0.39 is 0 Å². The van der Waals surface area contributed by atoms with Gasteiger partial charge in [-0.15, -0.1) is 0 Å². The third kappa shape index (κ3) is 1.35. The van der Waals surface area contributed by atoms with E-state index in [1.165, 1.54) is 12.7 Å². The lowest BCUT2D eigenvalue weighted by atomic mass is 10.1. The highest BCUT2D eigenvalue weighted by Crippen LogP contribution is 2.24.